The molecule has 1 nitrogen and oxygen atoms in total. The normalized spacial score (nSPS) is 14.5. The standard InChI is InChI=1S/C10H13N/c1-8(2)9-6-10-4-3-5-11(10)7-9/h3-4,6-8H,5H2,1-2H3. The third-order valence-corrected chi connectivity index (χ3v) is 2.21. The van der Waals surface area contributed by atoms with Crippen molar-refractivity contribution in [1.82, 2.24) is 4.57 Å². The molecule has 1 heteroatoms. The van der Waals surface area contributed by atoms with E-state index >= 15 is 0 Å². The molecule has 1 aromatic heterocycles. The molecule has 0 amide bonds. The second-order valence-electron chi connectivity index (χ2n) is 3.41. The molecule has 2 rings (SSSR count). The quantitative estimate of drug-likeness (QED) is 0.575. The Balaban J connectivity index is 2.41. The summed E-state index contributed by atoms with van der Waals surface area (Å²) < 4.78 is 2.29. The molecular weight excluding hydrogens is 134 g/mol. The van der Waals surface area contributed by atoms with Crippen molar-refractivity contribution >= 4 is 6.08 Å². The van der Waals surface area contributed by atoms with Gasteiger partial charge in [-0.15, -0.1) is 0 Å². The first-order chi connectivity index (χ1) is 5.27. The van der Waals surface area contributed by atoms with Crippen LogP contribution in [0.2, 0.25) is 0 Å². The molecule has 0 atom stereocenters. The number of allylic oxidation sites excluding steroid dienone is 1. The summed E-state index contributed by atoms with van der Waals surface area (Å²) in [6, 6.07) is 2.27. The van der Waals surface area contributed by atoms with E-state index in [9.17, 15) is 0 Å². The molecule has 0 unspecified atom stereocenters. The van der Waals surface area contributed by atoms with Crippen LogP contribution in [0.25, 0.3) is 6.08 Å². The number of fused-ring (bicyclic) bond motifs is 1. The highest BCUT2D eigenvalue weighted by molar-refractivity contribution is 5.51. The van der Waals surface area contributed by atoms with Crippen molar-refractivity contribution in [3.63, 3.8) is 0 Å². The average molecular weight is 147 g/mol. The maximum absolute atomic E-state index is 2.29. The number of aromatic nitrogens is 1. The molecule has 1 aliphatic rings. The van der Waals surface area contributed by atoms with E-state index in [1.165, 1.54) is 11.3 Å². The minimum absolute atomic E-state index is 0.654. The van der Waals surface area contributed by atoms with Crippen LogP contribution in [0.5, 0.6) is 0 Å². The summed E-state index contributed by atoms with van der Waals surface area (Å²) in [7, 11) is 0. The molecule has 0 N–H and O–H groups in total. The molecule has 0 aromatic carbocycles. The fourth-order valence-corrected chi connectivity index (χ4v) is 1.45. The Morgan fingerprint density at radius 3 is 2.91 bits per heavy atom. The molecule has 0 fully saturated rings. The van der Waals surface area contributed by atoms with Crippen LogP contribution in [0.15, 0.2) is 18.3 Å². The lowest BCUT2D eigenvalue weighted by atomic mass is 10.1. The van der Waals surface area contributed by atoms with Gasteiger partial charge in [0.05, 0.1) is 0 Å². The maximum atomic E-state index is 2.29. The third kappa shape index (κ3) is 1.01. The minimum atomic E-state index is 0.654. The number of hydrogen-bond donors (Lipinski definition) is 0. The summed E-state index contributed by atoms with van der Waals surface area (Å²) in [5, 5.41) is 0. The Labute approximate surface area is 67.3 Å². The second kappa shape index (κ2) is 2.26. The Morgan fingerprint density at radius 2 is 2.27 bits per heavy atom. The van der Waals surface area contributed by atoms with Gasteiger partial charge in [0.15, 0.2) is 0 Å². The zero-order valence-corrected chi connectivity index (χ0v) is 7.04. The van der Waals surface area contributed by atoms with Crippen molar-refractivity contribution in [3.05, 3.63) is 29.6 Å². The van der Waals surface area contributed by atoms with Gasteiger partial charge in [0.2, 0.25) is 0 Å². The maximum Gasteiger partial charge on any atom is 0.0410 e. The van der Waals surface area contributed by atoms with Gasteiger partial charge in [-0.1, -0.05) is 19.9 Å². The van der Waals surface area contributed by atoms with E-state index in [0.29, 0.717) is 5.92 Å². The van der Waals surface area contributed by atoms with Crippen LogP contribution in [0, 0.1) is 0 Å². The van der Waals surface area contributed by atoms with Crippen LogP contribution in [0.1, 0.15) is 31.0 Å². The van der Waals surface area contributed by atoms with Gasteiger partial charge in [-0.3, -0.25) is 0 Å². The van der Waals surface area contributed by atoms with Gasteiger partial charge in [-0.25, -0.2) is 0 Å². The van der Waals surface area contributed by atoms with Crippen LogP contribution in [-0.4, -0.2) is 4.57 Å². The van der Waals surface area contributed by atoms with E-state index in [-0.39, 0.29) is 0 Å². The Bertz CT molecular complexity index is 292. The number of rotatable bonds is 1. The first kappa shape index (κ1) is 6.71. The summed E-state index contributed by atoms with van der Waals surface area (Å²) in [5.74, 6) is 0.654. The van der Waals surface area contributed by atoms with Gasteiger partial charge in [-0.2, -0.15) is 0 Å². The van der Waals surface area contributed by atoms with E-state index in [1.807, 2.05) is 0 Å². The molecule has 0 spiro atoms. The monoisotopic (exact) mass is 147 g/mol. The summed E-state index contributed by atoms with van der Waals surface area (Å²) in [6.45, 7) is 5.52. The van der Waals surface area contributed by atoms with Gasteiger partial charge in [0.25, 0.3) is 0 Å². The molecule has 0 saturated heterocycles. The van der Waals surface area contributed by atoms with Gasteiger partial charge in [-0.05, 0) is 23.6 Å². The van der Waals surface area contributed by atoms with Crippen LogP contribution < -0.4 is 0 Å². The zero-order valence-electron chi connectivity index (χ0n) is 7.04. The van der Waals surface area contributed by atoms with Crippen molar-refractivity contribution in [3.8, 4) is 0 Å². The van der Waals surface area contributed by atoms with Gasteiger partial charge < -0.3 is 4.57 Å². The topological polar surface area (TPSA) is 4.93 Å². The zero-order chi connectivity index (χ0) is 7.84. The molecule has 0 saturated carbocycles. The summed E-state index contributed by atoms with van der Waals surface area (Å²) in [6.07, 6.45) is 6.63. The van der Waals surface area contributed by atoms with Crippen molar-refractivity contribution in [2.75, 3.05) is 0 Å². The largest absolute Gasteiger partial charge is 0.344 e. The highest BCUT2D eigenvalue weighted by Crippen LogP contribution is 2.21. The molecule has 11 heavy (non-hydrogen) atoms. The summed E-state index contributed by atoms with van der Waals surface area (Å²) in [5.41, 5.74) is 2.80. The van der Waals surface area contributed by atoms with E-state index < -0.39 is 0 Å². The van der Waals surface area contributed by atoms with E-state index in [1.54, 1.807) is 0 Å². The summed E-state index contributed by atoms with van der Waals surface area (Å²) >= 11 is 0. The molecule has 1 aromatic rings. The minimum Gasteiger partial charge on any atom is -0.344 e. The predicted octanol–water partition coefficient (Wildman–Crippen LogP) is 2.64. The van der Waals surface area contributed by atoms with Crippen molar-refractivity contribution in [2.24, 2.45) is 0 Å². The lowest BCUT2D eigenvalue weighted by Gasteiger charge is -1.98. The highest BCUT2D eigenvalue weighted by atomic mass is 15.0. The molecular formula is C10H13N. The SMILES string of the molecule is CC(C)c1cc2n(c1)CC=C2. The first-order valence-corrected chi connectivity index (χ1v) is 4.14. The van der Waals surface area contributed by atoms with Crippen LogP contribution in [0.4, 0.5) is 0 Å². The third-order valence-electron chi connectivity index (χ3n) is 2.21. The van der Waals surface area contributed by atoms with Crippen molar-refractivity contribution < 1.29 is 0 Å². The smallest absolute Gasteiger partial charge is 0.0410 e. The lowest BCUT2D eigenvalue weighted by Crippen LogP contribution is -1.89. The number of nitrogens with zero attached hydrogens (tertiary/aromatic N) is 1. The second-order valence-corrected chi connectivity index (χ2v) is 3.41. The Morgan fingerprint density at radius 1 is 1.45 bits per heavy atom. The van der Waals surface area contributed by atoms with Gasteiger partial charge >= 0.3 is 0 Å². The molecule has 0 bridgehead atoms. The molecule has 58 valence electrons. The highest BCUT2D eigenvalue weighted by Gasteiger charge is 2.08. The average Bonchev–Trinajstić information content (AvgIpc) is 2.40. The van der Waals surface area contributed by atoms with Gasteiger partial charge in [0.1, 0.15) is 0 Å². The lowest BCUT2D eigenvalue weighted by molar-refractivity contribution is 0.818. The fraction of sp³-hybridized carbons (Fsp3) is 0.400. The predicted molar refractivity (Wildman–Crippen MR) is 47.6 cm³/mol. The Kier molecular flexibility index (Phi) is 1.38. The van der Waals surface area contributed by atoms with E-state index in [0.717, 1.165) is 6.54 Å². The molecule has 2 heterocycles. The summed E-state index contributed by atoms with van der Waals surface area (Å²) in [4.78, 5) is 0. The first-order valence-electron chi connectivity index (χ1n) is 4.14. The molecule has 1 aliphatic heterocycles. The van der Waals surface area contributed by atoms with E-state index in [4.69, 9.17) is 0 Å². The molecule has 0 aliphatic carbocycles. The van der Waals surface area contributed by atoms with Crippen LogP contribution in [0.3, 0.4) is 0 Å². The van der Waals surface area contributed by atoms with Crippen LogP contribution >= 0.6 is 0 Å². The number of hydrogen-bond acceptors (Lipinski definition) is 0. The fourth-order valence-electron chi connectivity index (χ4n) is 1.45. The van der Waals surface area contributed by atoms with E-state index in [2.05, 4.69) is 42.8 Å². The molecule has 0 radical (unpaired) electrons. The Hall–Kier alpha value is -0.980. The van der Waals surface area contributed by atoms with Crippen molar-refractivity contribution in [1.29, 1.82) is 0 Å². The van der Waals surface area contributed by atoms with Crippen LogP contribution in [-0.2, 0) is 6.54 Å². The van der Waals surface area contributed by atoms with Crippen molar-refractivity contribution in [2.45, 2.75) is 26.3 Å². The van der Waals surface area contributed by atoms with Gasteiger partial charge in [0, 0.05) is 18.4 Å².